The molecule has 32 heavy (non-hydrogen) atoms. The molecule has 0 spiro atoms. The molecule has 1 heterocycles. The molecule has 8 heteroatoms. The van der Waals surface area contributed by atoms with Crippen LogP contribution in [0.2, 0.25) is 0 Å². The van der Waals surface area contributed by atoms with Crippen molar-refractivity contribution in [3.05, 3.63) is 69.3 Å². The number of nitrogens with one attached hydrogen (secondary N) is 1. The zero-order valence-corrected chi connectivity index (χ0v) is 18.5. The second-order valence-corrected chi connectivity index (χ2v) is 7.72. The highest BCUT2D eigenvalue weighted by Crippen LogP contribution is 2.37. The summed E-state index contributed by atoms with van der Waals surface area (Å²) in [6.07, 6.45) is 3.22. The van der Waals surface area contributed by atoms with Crippen LogP contribution < -0.4 is 10.2 Å². The molecule has 1 amide bonds. The fourth-order valence-corrected chi connectivity index (χ4v) is 4.08. The Morgan fingerprint density at radius 2 is 1.78 bits per heavy atom. The van der Waals surface area contributed by atoms with Crippen molar-refractivity contribution in [1.82, 2.24) is 5.32 Å². The van der Waals surface area contributed by atoms with Gasteiger partial charge in [0.25, 0.3) is 5.69 Å². The van der Waals surface area contributed by atoms with Crippen molar-refractivity contribution in [3.63, 3.8) is 0 Å². The summed E-state index contributed by atoms with van der Waals surface area (Å²) < 4.78 is 5.04. The van der Waals surface area contributed by atoms with Gasteiger partial charge in [0.1, 0.15) is 0 Å². The van der Waals surface area contributed by atoms with Crippen molar-refractivity contribution >= 4 is 23.3 Å². The number of carbonyl (C=O) groups is 2. The van der Waals surface area contributed by atoms with E-state index in [0.29, 0.717) is 23.2 Å². The molecule has 1 N–H and O–H groups in total. The van der Waals surface area contributed by atoms with E-state index in [9.17, 15) is 19.7 Å². The summed E-state index contributed by atoms with van der Waals surface area (Å²) in [6.45, 7) is 5.96. The lowest BCUT2D eigenvalue weighted by atomic mass is 9.87. The number of likely N-dealkylation sites (N-methyl/N-ethyl adjacent to an activating group) is 1. The van der Waals surface area contributed by atoms with Gasteiger partial charge in [-0.1, -0.05) is 12.1 Å². The number of benzene rings is 2. The van der Waals surface area contributed by atoms with Crippen LogP contribution in [0.5, 0.6) is 0 Å². The molecular weight excluding hydrogens is 410 g/mol. The van der Waals surface area contributed by atoms with E-state index < -0.39 is 16.8 Å². The second-order valence-electron chi connectivity index (χ2n) is 7.72. The fourth-order valence-electron chi connectivity index (χ4n) is 4.08. The van der Waals surface area contributed by atoms with Crippen LogP contribution >= 0.6 is 0 Å². The topological polar surface area (TPSA) is 102 Å². The number of amides is 1. The lowest BCUT2D eigenvalue weighted by molar-refractivity contribution is -0.384. The van der Waals surface area contributed by atoms with Crippen molar-refractivity contribution in [3.8, 4) is 0 Å². The molecule has 1 unspecified atom stereocenters. The second kappa shape index (κ2) is 10.7. The zero-order chi connectivity index (χ0) is 23.1. The maximum absolute atomic E-state index is 13.2. The molecule has 2 aromatic rings. The SMILES string of the molecule is CCNC(=O)C(c1ccc(C(=O)OCC)cc1)c1cc([N+](=O)[O-])ccc1N1CCCCC1. The van der Waals surface area contributed by atoms with Gasteiger partial charge in [0.15, 0.2) is 0 Å². The van der Waals surface area contributed by atoms with Crippen LogP contribution in [0.4, 0.5) is 11.4 Å². The third-order valence-electron chi connectivity index (χ3n) is 5.60. The number of carbonyl (C=O) groups excluding carboxylic acids is 2. The largest absolute Gasteiger partial charge is 0.462 e. The molecule has 0 bridgehead atoms. The number of ether oxygens (including phenoxy) is 1. The quantitative estimate of drug-likeness (QED) is 0.379. The molecule has 8 nitrogen and oxygen atoms in total. The van der Waals surface area contributed by atoms with Crippen LogP contribution in [0.3, 0.4) is 0 Å². The minimum absolute atomic E-state index is 0.0572. The number of anilines is 1. The Labute approximate surface area is 187 Å². The molecule has 2 aromatic carbocycles. The Morgan fingerprint density at radius 3 is 2.38 bits per heavy atom. The molecular formula is C24H29N3O5. The number of hydrogen-bond donors (Lipinski definition) is 1. The van der Waals surface area contributed by atoms with Gasteiger partial charge < -0.3 is 15.0 Å². The number of esters is 1. The van der Waals surface area contributed by atoms with E-state index in [-0.39, 0.29) is 18.2 Å². The summed E-state index contributed by atoms with van der Waals surface area (Å²) in [5.74, 6) is -1.42. The molecule has 3 rings (SSSR count). The predicted octanol–water partition coefficient (Wildman–Crippen LogP) is 4.03. The molecule has 0 saturated carbocycles. The van der Waals surface area contributed by atoms with Gasteiger partial charge in [-0.15, -0.1) is 0 Å². The zero-order valence-electron chi connectivity index (χ0n) is 18.5. The van der Waals surface area contributed by atoms with E-state index in [4.69, 9.17) is 4.74 Å². The fraction of sp³-hybridized carbons (Fsp3) is 0.417. The molecule has 1 aliphatic rings. The van der Waals surface area contributed by atoms with Gasteiger partial charge in [0.2, 0.25) is 5.91 Å². The van der Waals surface area contributed by atoms with Gasteiger partial charge >= 0.3 is 5.97 Å². The first-order valence-electron chi connectivity index (χ1n) is 11.0. The average molecular weight is 440 g/mol. The van der Waals surface area contributed by atoms with Gasteiger partial charge in [0.05, 0.1) is 23.0 Å². The highest BCUT2D eigenvalue weighted by atomic mass is 16.6. The van der Waals surface area contributed by atoms with Crippen LogP contribution in [0.15, 0.2) is 42.5 Å². The van der Waals surface area contributed by atoms with Gasteiger partial charge in [-0.05, 0) is 62.4 Å². The van der Waals surface area contributed by atoms with Crippen LogP contribution in [-0.4, -0.2) is 43.0 Å². The van der Waals surface area contributed by atoms with Crippen molar-refractivity contribution < 1.29 is 19.2 Å². The highest BCUT2D eigenvalue weighted by Gasteiger charge is 2.29. The Bertz CT molecular complexity index is 968. The third-order valence-corrected chi connectivity index (χ3v) is 5.60. The number of rotatable bonds is 8. The summed E-state index contributed by atoms with van der Waals surface area (Å²) in [5, 5.41) is 14.4. The minimum atomic E-state index is -0.747. The van der Waals surface area contributed by atoms with Gasteiger partial charge in [-0.3, -0.25) is 14.9 Å². The van der Waals surface area contributed by atoms with Crippen molar-refractivity contribution in [2.75, 3.05) is 31.1 Å². The molecule has 170 valence electrons. The van der Waals surface area contributed by atoms with E-state index >= 15 is 0 Å². The van der Waals surface area contributed by atoms with Crippen LogP contribution in [0, 0.1) is 10.1 Å². The maximum Gasteiger partial charge on any atom is 0.338 e. The Kier molecular flexibility index (Phi) is 7.81. The highest BCUT2D eigenvalue weighted by molar-refractivity contribution is 5.91. The third kappa shape index (κ3) is 5.25. The molecule has 0 radical (unpaired) electrons. The summed E-state index contributed by atoms with van der Waals surface area (Å²) in [6, 6.07) is 11.4. The van der Waals surface area contributed by atoms with E-state index in [1.54, 1.807) is 37.3 Å². The molecule has 1 fully saturated rings. The molecule has 1 atom stereocenters. The van der Waals surface area contributed by atoms with Gasteiger partial charge in [-0.25, -0.2) is 4.79 Å². The summed E-state index contributed by atoms with van der Waals surface area (Å²) in [5.41, 5.74) is 2.42. The van der Waals surface area contributed by atoms with Crippen LogP contribution in [0.25, 0.3) is 0 Å². The van der Waals surface area contributed by atoms with E-state index in [0.717, 1.165) is 38.0 Å². The maximum atomic E-state index is 13.2. The lowest BCUT2D eigenvalue weighted by Gasteiger charge is -2.32. The normalized spacial score (nSPS) is 14.5. The lowest BCUT2D eigenvalue weighted by Crippen LogP contribution is -2.34. The smallest absolute Gasteiger partial charge is 0.338 e. The first-order valence-corrected chi connectivity index (χ1v) is 11.0. The number of nitro benzene ring substituents is 1. The summed E-state index contributed by atoms with van der Waals surface area (Å²) in [4.78, 5) is 38.5. The Balaban J connectivity index is 2.10. The standard InChI is InChI=1S/C24H29N3O5/c1-3-25-23(28)22(17-8-10-18(11-9-17)24(29)32-4-2)20-16-19(27(30)31)12-13-21(20)26-14-6-5-7-15-26/h8-13,16,22H,3-7,14-15H2,1-2H3,(H,25,28). The Morgan fingerprint density at radius 1 is 1.09 bits per heavy atom. The number of nitrogens with zero attached hydrogens (tertiary/aromatic N) is 2. The van der Waals surface area contributed by atoms with Crippen molar-refractivity contribution in [2.45, 2.75) is 39.0 Å². The average Bonchev–Trinajstić information content (AvgIpc) is 2.80. The van der Waals surface area contributed by atoms with E-state index in [1.807, 2.05) is 6.92 Å². The van der Waals surface area contributed by atoms with Crippen LogP contribution in [-0.2, 0) is 9.53 Å². The monoisotopic (exact) mass is 439 g/mol. The number of piperidine rings is 1. The van der Waals surface area contributed by atoms with Crippen molar-refractivity contribution in [1.29, 1.82) is 0 Å². The van der Waals surface area contributed by atoms with E-state index in [1.165, 1.54) is 12.1 Å². The predicted molar refractivity (Wildman–Crippen MR) is 122 cm³/mol. The summed E-state index contributed by atoms with van der Waals surface area (Å²) in [7, 11) is 0. The summed E-state index contributed by atoms with van der Waals surface area (Å²) >= 11 is 0. The number of hydrogen-bond acceptors (Lipinski definition) is 6. The number of non-ortho nitro benzene ring substituents is 1. The number of nitro groups is 1. The van der Waals surface area contributed by atoms with E-state index in [2.05, 4.69) is 10.2 Å². The molecule has 0 aromatic heterocycles. The molecule has 1 saturated heterocycles. The Hall–Kier alpha value is -3.42. The first-order chi connectivity index (χ1) is 15.5. The molecule has 0 aliphatic carbocycles. The van der Waals surface area contributed by atoms with Crippen LogP contribution in [0.1, 0.15) is 60.5 Å². The minimum Gasteiger partial charge on any atom is -0.462 e. The van der Waals surface area contributed by atoms with Crippen molar-refractivity contribution in [2.24, 2.45) is 0 Å². The molecule has 1 aliphatic heterocycles. The first kappa shape index (κ1) is 23.2. The van der Waals surface area contributed by atoms with Gasteiger partial charge in [-0.2, -0.15) is 0 Å². The van der Waals surface area contributed by atoms with Gasteiger partial charge in [0, 0.05) is 37.5 Å².